The Morgan fingerprint density at radius 3 is 2.67 bits per heavy atom. The molecule has 1 rings (SSSR count). The van der Waals surface area contributed by atoms with E-state index in [1.165, 1.54) is 0 Å². The molecular weight excluding hydrogens is 243 g/mol. The predicted molar refractivity (Wildman–Crippen MR) is 56.1 cm³/mol. The van der Waals surface area contributed by atoms with Crippen molar-refractivity contribution < 1.29 is 4.74 Å². The number of hydrazine groups is 1. The molecule has 0 spiro atoms. The summed E-state index contributed by atoms with van der Waals surface area (Å²) in [7, 11) is 1.57. The average molecular weight is 254 g/mol. The van der Waals surface area contributed by atoms with Crippen LogP contribution in [0.2, 0.25) is 5.02 Å². The standard InChI is InChI=1S/C7H9ClN2O.BrH/c1-11-7-3-2-5(8)4-6(7)10-9;/h2-4,10H,9H2,1H3;1H. The predicted octanol–water partition coefficient (Wildman–Crippen LogP) is 2.21. The number of anilines is 1. The van der Waals surface area contributed by atoms with Gasteiger partial charge in [-0.05, 0) is 18.2 Å². The molecule has 68 valence electrons. The fraction of sp³-hybridized carbons (Fsp3) is 0.143. The van der Waals surface area contributed by atoms with E-state index in [2.05, 4.69) is 5.43 Å². The number of nitrogen functional groups attached to an aromatic ring is 1. The molecule has 0 atom stereocenters. The third-order valence-corrected chi connectivity index (χ3v) is 1.55. The van der Waals surface area contributed by atoms with Crippen molar-refractivity contribution in [2.75, 3.05) is 12.5 Å². The molecular formula is C7H10BrClN2O. The highest BCUT2D eigenvalue weighted by Gasteiger charge is 1.99. The second-order valence-electron chi connectivity index (χ2n) is 1.99. The van der Waals surface area contributed by atoms with Crippen molar-refractivity contribution in [1.82, 2.24) is 0 Å². The zero-order valence-electron chi connectivity index (χ0n) is 6.50. The molecule has 3 N–H and O–H groups in total. The Balaban J connectivity index is 0.00000121. The van der Waals surface area contributed by atoms with E-state index in [4.69, 9.17) is 22.2 Å². The number of halogens is 2. The highest BCUT2D eigenvalue weighted by molar-refractivity contribution is 8.93. The number of methoxy groups -OCH3 is 1. The zero-order chi connectivity index (χ0) is 8.27. The SMILES string of the molecule is Br.COc1ccc(Cl)cc1NN. The Hall–Kier alpha value is -0.450. The normalized spacial score (nSPS) is 8.58. The first kappa shape index (κ1) is 11.6. The molecule has 5 heteroatoms. The number of rotatable bonds is 2. The summed E-state index contributed by atoms with van der Waals surface area (Å²) in [6, 6.07) is 5.18. The molecule has 1 aromatic rings. The van der Waals surface area contributed by atoms with Crippen LogP contribution in [0.25, 0.3) is 0 Å². The maximum absolute atomic E-state index is 5.70. The highest BCUT2D eigenvalue weighted by atomic mass is 79.9. The van der Waals surface area contributed by atoms with Crippen LogP contribution in [0.3, 0.4) is 0 Å². The van der Waals surface area contributed by atoms with Gasteiger partial charge in [0.2, 0.25) is 0 Å². The van der Waals surface area contributed by atoms with E-state index in [-0.39, 0.29) is 17.0 Å². The van der Waals surface area contributed by atoms with Crippen LogP contribution in [-0.4, -0.2) is 7.11 Å². The van der Waals surface area contributed by atoms with Crippen molar-refractivity contribution in [3.63, 3.8) is 0 Å². The summed E-state index contributed by atoms with van der Waals surface area (Å²) in [5.41, 5.74) is 3.16. The number of ether oxygens (including phenoxy) is 1. The summed E-state index contributed by atoms with van der Waals surface area (Å²) in [4.78, 5) is 0. The van der Waals surface area contributed by atoms with E-state index >= 15 is 0 Å². The molecule has 0 radical (unpaired) electrons. The molecule has 0 saturated carbocycles. The van der Waals surface area contributed by atoms with Crippen molar-refractivity contribution in [3.8, 4) is 5.75 Å². The van der Waals surface area contributed by atoms with Gasteiger partial charge < -0.3 is 10.2 Å². The number of hydrogen-bond acceptors (Lipinski definition) is 3. The molecule has 0 aliphatic rings. The Morgan fingerprint density at radius 1 is 1.50 bits per heavy atom. The van der Waals surface area contributed by atoms with Crippen LogP contribution >= 0.6 is 28.6 Å². The first-order valence-corrected chi connectivity index (χ1v) is 3.46. The summed E-state index contributed by atoms with van der Waals surface area (Å²) >= 11 is 5.70. The van der Waals surface area contributed by atoms with Crippen LogP contribution in [0.5, 0.6) is 5.75 Å². The Kier molecular flexibility index (Phi) is 5.04. The van der Waals surface area contributed by atoms with E-state index in [0.29, 0.717) is 16.5 Å². The number of nitrogens with one attached hydrogen (secondary N) is 1. The second kappa shape index (κ2) is 5.24. The quantitative estimate of drug-likeness (QED) is 0.627. The van der Waals surface area contributed by atoms with Gasteiger partial charge in [0.1, 0.15) is 5.75 Å². The van der Waals surface area contributed by atoms with Crippen LogP contribution in [-0.2, 0) is 0 Å². The van der Waals surface area contributed by atoms with E-state index in [9.17, 15) is 0 Å². The van der Waals surface area contributed by atoms with E-state index in [1.54, 1.807) is 25.3 Å². The molecule has 0 saturated heterocycles. The van der Waals surface area contributed by atoms with Gasteiger partial charge in [0.25, 0.3) is 0 Å². The molecule has 0 bridgehead atoms. The smallest absolute Gasteiger partial charge is 0.143 e. The van der Waals surface area contributed by atoms with E-state index < -0.39 is 0 Å². The minimum Gasteiger partial charge on any atom is -0.495 e. The first-order valence-electron chi connectivity index (χ1n) is 3.08. The summed E-state index contributed by atoms with van der Waals surface area (Å²) in [5.74, 6) is 5.88. The van der Waals surface area contributed by atoms with Gasteiger partial charge >= 0.3 is 0 Å². The minimum atomic E-state index is 0. The number of nitrogens with two attached hydrogens (primary N) is 1. The first-order chi connectivity index (χ1) is 5.27. The van der Waals surface area contributed by atoms with Crippen LogP contribution in [0.1, 0.15) is 0 Å². The maximum atomic E-state index is 5.70. The lowest BCUT2D eigenvalue weighted by Gasteiger charge is -2.06. The number of benzene rings is 1. The highest BCUT2D eigenvalue weighted by Crippen LogP contribution is 2.26. The molecule has 0 fully saturated rings. The van der Waals surface area contributed by atoms with Gasteiger partial charge in [-0.2, -0.15) is 0 Å². The molecule has 12 heavy (non-hydrogen) atoms. The summed E-state index contributed by atoms with van der Waals surface area (Å²) in [5, 5.41) is 0.624. The van der Waals surface area contributed by atoms with Gasteiger partial charge in [0, 0.05) is 5.02 Å². The monoisotopic (exact) mass is 252 g/mol. The van der Waals surface area contributed by atoms with Crippen molar-refractivity contribution in [1.29, 1.82) is 0 Å². The van der Waals surface area contributed by atoms with E-state index in [1.807, 2.05) is 0 Å². The molecule has 0 aromatic heterocycles. The minimum absolute atomic E-state index is 0. The fourth-order valence-electron chi connectivity index (χ4n) is 0.793. The molecule has 0 aliphatic carbocycles. The molecule has 3 nitrogen and oxygen atoms in total. The largest absolute Gasteiger partial charge is 0.495 e. The van der Waals surface area contributed by atoms with Gasteiger partial charge in [-0.25, -0.2) is 0 Å². The summed E-state index contributed by atoms with van der Waals surface area (Å²) < 4.78 is 4.99. The third-order valence-electron chi connectivity index (χ3n) is 1.32. The fourth-order valence-corrected chi connectivity index (χ4v) is 0.965. The summed E-state index contributed by atoms with van der Waals surface area (Å²) in [6.07, 6.45) is 0. The van der Waals surface area contributed by atoms with Gasteiger partial charge in [0.05, 0.1) is 12.8 Å². The lowest BCUT2D eigenvalue weighted by molar-refractivity contribution is 0.416. The summed E-state index contributed by atoms with van der Waals surface area (Å²) in [6.45, 7) is 0. The topological polar surface area (TPSA) is 47.3 Å². The number of hydrogen-bond donors (Lipinski definition) is 2. The lowest BCUT2D eigenvalue weighted by atomic mass is 10.3. The van der Waals surface area contributed by atoms with Gasteiger partial charge in [-0.3, -0.25) is 5.84 Å². The Morgan fingerprint density at radius 2 is 2.17 bits per heavy atom. The van der Waals surface area contributed by atoms with Crippen molar-refractivity contribution >= 4 is 34.3 Å². The third kappa shape index (κ3) is 2.55. The Bertz CT molecular complexity index is 257. The van der Waals surface area contributed by atoms with Gasteiger partial charge in [-0.15, -0.1) is 17.0 Å². The molecule has 0 aliphatic heterocycles. The van der Waals surface area contributed by atoms with Crippen molar-refractivity contribution in [3.05, 3.63) is 23.2 Å². The lowest BCUT2D eigenvalue weighted by Crippen LogP contribution is -2.07. The van der Waals surface area contributed by atoms with Crippen molar-refractivity contribution in [2.24, 2.45) is 5.84 Å². The molecule has 0 unspecified atom stereocenters. The van der Waals surface area contributed by atoms with Gasteiger partial charge in [-0.1, -0.05) is 11.6 Å². The average Bonchev–Trinajstić information content (AvgIpc) is 2.04. The van der Waals surface area contributed by atoms with Crippen LogP contribution in [0.4, 0.5) is 5.69 Å². The van der Waals surface area contributed by atoms with Crippen molar-refractivity contribution in [2.45, 2.75) is 0 Å². The molecule has 1 aromatic carbocycles. The van der Waals surface area contributed by atoms with Crippen LogP contribution < -0.4 is 16.0 Å². The molecule has 0 amide bonds. The van der Waals surface area contributed by atoms with Gasteiger partial charge in [0.15, 0.2) is 0 Å². The van der Waals surface area contributed by atoms with E-state index in [0.717, 1.165) is 0 Å². The van der Waals surface area contributed by atoms with Crippen LogP contribution in [0, 0.1) is 0 Å². The van der Waals surface area contributed by atoms with Crippen LogP contribution in [0.15, 0.2) is 18.2 Å². The molecule has 0 heterocycles. The maximum Gasteiger partial charge on any atom is 0.143 e. The Labute approximate surface area is 86.6 Å². The second-order valence-corrected chi connectivity index (χ2v) is 2.43. The zero-order valence-corrected chi connectivity index (χ0v) is 8.97.